The fourth-order valence-electron chi connectivity index (χ4n) is 3.47. The molecule has 0 radical (unpaired) electrons. The molecule has 4 rings (SSSR count). The van der Waals surface area contributed by atoms with Gasteiger partial charge >= 0.3 is 11.6 Å². The minimum Gasteiger partial charge on any atom is -0.482 e. The van der Waals surface area contributed by atoms with Crippen LogP contribution in [0.1, 0.15) is 12.8 Å². The van der Waals surface area contributed by atoms with Gasteiger partial charge in [-0.25, -0.2) is 18.0 Å². The highest BCUT2D eigenvalue weighted by Crippen LogP contribution is 2.23. The smallest absolute Gasteiger partial charge is 0.344 e. The lowest BCUT2D eigenvalue weighted by Crippen LogP contribution is -2.28. The van der Waals surface area contributed by atoms with Crippen LogP contribution in [-0.4, -0.2) is 50.9 Å². The molecule has 0 atom stereocenters. The third-order valence-corrected chi connectivity index (χ3v) is 7.03. The van der Waals surface area contributed by atoms with Crippen LogP contribution >= 0.6 is 0 Å². The van der Waals surface area contributed by atoms with Crippen LogP contribution in [0, 0.1) is 0 Å². The molecule has 11 heteroatoms. The van der Waals surface area contributed by atoms with Gasteiger partial charge in [0, 0.05) is 36.3 Å². The fraction of sp³-hybridized carbons (Fsp3) is 0.261. The van der Waals surface area contributed by atoms with Crippen molar-refractivity contribution in [1.29, 1.82) is 0 Å². The molecule has 1 aromatic heterocycles. The summed E-state index contributed by atoms with van der Waals surface area (Å²) in [7, 11) is -3.62. The number of benzene rings is 2. The van der Waals surface area contributed by atoms with Crippen LogP contribution in [0.3, 0.4) is 0 Å². The lowest BCUT2D eigenvalue weighted by Gasteiger charge is -2.16. The van der Waals surface area contributed by atoms with Crippen LogP contribution in [-0.2, 0) is 24.3 Å². The first-order valence-electron chi connectivity index (χ1n) is 10.5. The molecule has 0 unspecified atom stereocenters. The number of fused-ring (bicyclic) bond motifs is 1. The van der Waals surface area contributed by atoms with E-state index in [0.29, 0.717) is 29.8 Å². The molecule has 2 heterocycles. The molecule has 3 aromatic rings. The highest BCUT2D eigenvalue weighted by molar-refractivity contribution is 7.89. The maximum absolute atomic E-state index is 12.7. The Labute approximate surface area is 195 Å². The summed E-state index contributed by atoms with van der Waals surface area (Å²) in [4.78, 5) is 35.5. The number of nitrogens with zero attached hydrogens (tertiary/aromatic N) is 1. The van der Waals surface area contributed by atoms with Gasteiger partial charge in [-0.2, -0.15) is 4.31 Å². The normalized spacial score (nSPS) is 14.1. The van der Waals surface area contributed by atoms with Gasteiger partial charge in [-0.15, -0.1) is 0 Å². The van der Waals surface area contributed by atoms with Gasteiger partial charge in [-0.05, 0) is 49.2 Å². The SMILES string of the molecule is O=C(COC(=O)COc1ccc2ccc(=O)oc2c1)Nc1cccc(S(=O)(=O)N2CCCC2)c1. The van der Waals surface area contributed by atoms with Gasteiger partial charge in [-0.1, -0.05) is 6.07 Å². The van der Waals surface area contributed by atoms with E-state index in [9.17, 15) is 22.8 Å². The van der Waals surface area contributed by atoms with E-state index < -0.39 is 40.7 Å². The number of anilines is 1. The lowest BCUT2D eigenvalue weighted by molar-refractivity contribution is -0.149. The first-order chi connectivity index (χ1) is 16.3. The van der Waals surface area contributed by atoms with Crippen LogP contribution in [0.5, 0.6) is 5.75 Å². The van der Waals surface area contributed by atoms with E-state index in [0.717, 1.165) is 12.8 Å². The van der Waals surface area contributed by atoms with Crippen molar-refractivity contribution in [3.8, 4) is 5.75 Å². The highest BCUT2D eigenvalue weighted by atomic mass is 32.2. The van der Waals surface area contributed by atoms with E-state index in [1.54, 1.807) is 24.3 Å². The molecular weight excluding hydrogens is 464 g/mol. The Morgan fingerprint density at radius 3 is 2.56 bits per heavy atom. The maximum Gasteiger partial charge on any atom is 0.344 e. The molecule has 1 aliphatic heterocycles. The average molecular weight is 487 g/mol. The fourth-order valence-corrected chi connectivity index (χ4v) is 5.03. The van der Waals surface area contributed by atoms with Gasteiger partial charge in [0.2, 0.25) is 10.0 Å². The van der Waals surface area contributed by atoms with Crippen LogP contribution in [0.15, 0.2) is 68.7 Å². The number of esters is 1. The second kappa shape index (κ2) is 10.1. The topological polar surface area (TPSA) is 132 Å². The van der Waals surface area contributed by atoms with Gasteiger partial charge in [0.25, 0.3) is 5.91 Å². The van der Waals surface area contributed by atoms with E-state index in [-0.39, 0.29) is 10.6 Å². The van der Waals surface area contributed by atoms with E-state index in [1.807, 2.05) is 0 Å². The summed E-state index contributed by atoms with van der Waals surface area (Å²) in [5.41, 5.74) is 0.0798. The molecule has 1 aliphatic rings. The third-order valence-electron chi connectivity index (χ3n) is 5.14. The number of amides is 1. The highest BCUT2D eigenvalue weighted by Gasteiger charge is 2.27. The average Bonchev–Trinajstić information content (AvgIpc) is 3.37. The monoisotopic (exact) mass is 486 g/mol. The molecule has 1 saturated heterocycles. The Hall–Kier alpha value is -3.70. The Morgan fingerprint density at radius 1 is 1.00 bits per heavy atom. The largest absolute Gasteiger partial charge is 0.482 e. The first kappa shape index (κ1) is 23.5. The van der Waals surface area contributed by atoms with Crippen LogP contribution in [0.2, 0.25) is 0 Å². The van der Waals surface area contributed by atoms with Gasteiger partial charge < -0.3 is 19.2 Å². The molecule has 0 saturated carbocycles. The number of carbonyl (C=O) groups excluding carboxylic acids is 2. The lowest BCUT2D eigenvalue weighted by atomic mass is 10.2. The number of hydrogen-bond donors (Lipinski definition) is 1. The number of rotatable bonds is 8. The molecule has 10 nitrogen and oxygen atoms in total. The second-order valence-electron chi connectivity index (χ2n) is 7.59. The van der Waals surface area contributed by atoms with Crippen molar-refractivity contribution >= 4 is 38.6 Å². The van der Waals surface area contributed by atoms with E-state index in [2.05, 4.69) is 5.32 Å². The summed E-state index contributed by atoms with van der Waals surface area (Å²) in [5.74, 6) is -1.12. The van der Waals surface area contributed by atoms with Crippen molar-refractivity contribution < 1.29 is 31.9 Å². The summed E-state index contributed by atoms with van der Waals surface area (Å²) in [6.07, 6.45) is 1.64. The standard InChI is InChI=1S/C23H22N2O8S/c26-21(24-17-4-3-5-19(12-17)34(29,30)25-10-1-2-11-25)14-32-23(28)15-31-18-8-6-16-7-9-22(27)33-20(16)13-18/h3-9,12-13H,1-2,10-11,14-15H2,(H,24,26). The maximum atomic E-state index is 12.7. The molecule has 0 aliphatic carbocycles. The summed E-state index contributed by atoms with van der Waals surface area (Å²) < 4.78 is 42.1. The minimum absolute atomic E-state index is 0.0869. The number of ether oxygens (including phenoxy) is 2. The predicted octanol–water partition coefficient (Wildman–Crippen LogP) is 2.14. The van der Waals surface area contributed by atoms with Crippen molar-refractivity contribution in [1.82, 2.24) is 4.31 Å². The molecule has 178 valence electrons. The van der Waals surface area contributed by atoms with E-state index in [1.165, 1.54) is 34.6 Å². The predicted molar refractivity (Wildman–Crippen MR) is 122 cm³/mol. The molecule has 0 bridgehead atoms. The van der Waals surface area contributed by atoms with Crippen molar-refractivity contribution in [3.63, 3.8) is 0 Å². The zero-order valence-corrected chi connectivity index (χ0v) is 18.9. The Bertz CT molecular complexity index is 1380. The van der Waals surface area contributed by atoms with Crippen molar-refractivity contribution in [3.05, 3.63) is 65.0 Å². The Balaban J connectivity index is 1.28. The summed E-state index contributed by atoms with van der Waals surface area (Å²) >= 11 is 0. The minimum atomic E-state index is -3.62. The quantitative estimate of drug-likeness (QED) is 0.378. The molecule has 1 N–H and O–H groups in total. The zero-order chi connectivity index (χ0) is 24.1. The number of hydrogen-bond acceptors (Lipinski definition) is 8. The first-order valence-corrected chi connectivity index (χ1v) is 12.0. The molecule has 2 aromatic carbocycles. The van der Waals surface area contributed by atoms with Gasteiger partial charge in [0.1, 0.15) is 11.3 Å². The van der Waals surface area contributed by atoms with Crippen molar-refractivity contribution in [2.24, 2.45) is 0 Å². The number of nitrogens with one attached hydrogen (secondary N) is 1. The summed E-state index contributed by atoms with van der Waals surface area (Å²) in [6, 6.07) is 13.6. The van der Waals surface area contributed by atoms with Crippen LogP contribution in [0.4, 0.5) is 5.69 Å². The molecule has 1 amide bonds. The Kier molecular flexibility index (Phi) is 6.94. The zero-order valence-electron chi connectivity index (χ0n) is 18.1. The molecule has 1 fully saturated rings. The number of carbonyl (C=O) groups is 2. The van der Waals surface area contributed by atoms with Gasteiger partial charge in [-0.3, -0.25) is 4.79 Å². The third kappa shape index (κ3) is 5.61. The second-order valence-corrected chi connectivity index (χ2v) is 9.53. The van der Waals surface area contributed by atoms with Crippen molar-refractivity contribution in [2.45, 2.75) is 17.7 Å². The molecule has 0 spiro atoms. The van der Waals surface area contributed by atoms with Crippen LogP contribution in [0.25, 0.3) is 11.0 Å². The molecule has 34 heavy (non-hydrogen) atoms. The van der Waals surface area contributed by atoms with Crippen molar-refractivity contribution in [2.75, 3.05) is 31.6 Å². The van der Waals surface area contributed by atoms with Crippen LogP contribution < -0.4 is 15.7 Å². The molecular formula is C23H22N2O8S. The Morgan fingerprint density at radius 2 is 1.76 bits per heavy atom. The van der Waals surface area contributed by atoms with Gasteiger partial charge in [0.05, 0.1) is 4.90 Å². The van der Waals surface area contributed by atoms with Gasteiger partial charge in [0.15, 0.2) is 13.2 Å². The summed E-state index contributed by atoms with van der Waals surface area (Å²) in [5, 5.41) is 3.22. The van der Waals surface area contributed by atoms with E-state index in [4.69, 9.17) is 13.9 Å². The van der Waals surface area contributed by atoms with E-state index >= 15 is 0 Å². The number of sulfonamides is 1. The summed E-state index contributed by atoms with van der Waals surface area (Å²) in [6.45, 7) is -0.0769.